The summed E-state index contributed by atoms with van der Waals surface area (Å²) in [6.07, 6.45) is 6.88. The van der Waals surface area contributed by atoms with Gasteiger partial charge in [-0.05, 0) is 11.1 Å². The van der Waals surface area contributed by atoms with Gasteiger partial charge in [0.25, 0.3) is 0 Å². The Morgan fingerprint density at radius 1 is 0.905 bits per heavy atom. The second kappa shape index (κ2) is 8.90. The highest BCUT2D eigenvalue weighted by Crippen LogP contribution is 2.03. The average Bonchev–Trinajstić information content (AvgIpc) is 2.54. The van der Waals surface area contributed by atoms with E-state index in [2.05, 4.69) is 0 Å². The van der Waals surface area contributed by atoms with Gasteiger partial charge in [0.05, 0.1) is 19.3 Å². The van der Waals surface area contributed by atoms with Crippen molar-refractivity contribution < 1.29 is 9.84 Å². The van der Waals surface area contributed by atoms with Crippen LogP contribution in [0.25, 0.3) is 6.08 Å². The molecular formula is C19H20O2. The summed E-state index contributed by atoms with van der Waals surface area (Å²) in [4.78, 5) is 0. The first-order valence-corrected chi connectivity index (χ1v) is 7.04. The van der Waals surface area contributed by atoms with Gasteiger partial charge >= 0.3 is 0 Å². The highest BCUT2D eigenvalue weighted by molar-refractivity contribution is 5.50. The minimum Gasteiger partial charge on any atom is -0.387 e. The van der Waals surface area contributed by atoms with Crippen LogP contribution in [0.1, 0.15) is 11.1 Å². The molecule has 2 aromatic rings. The third-order valence-corrected chi connectivity index (χ3v) is 2.93. The SMILES string of the molecule is O[C@@H](/C=C\C=C\c1ccccc1)COCc1ccccc1. The number of hydrogen-bond donors (Lipinski definition) is 1. The van der Waals surface area contributed by atoms with Crippen molar-refractivity contribution in [3.63, 3.8) is 0 Å². The fourth-order valence-corrected chi connectivity index (χ4v) is 1.85. The van der Waals surface area contributed by atoms with Gasteiger partial charge in [-0.2, -0.15) is 0 Å². The van der Waals surface area contributed by atoms with Crippen LogP contribution < -0.4 is 0 Å². The Hall–Kier alpha value is -2.16. The molecule has 2 heteroatoms. The lowest BCUT2D eigenvalue weighted by atomic mass is 10.2. The molecule has 0 aliphatic carbocycles. The van der Waals surface area contributed by atoms with Crippen molar-refractivity contribution >= 4 is 6.08 Å². The lowest BCUT2D eigenvalue weighted by Crippen LogP contribution is -2.11. The van der Waals surface area contributed by atoms with Crippen molar-refractivity contribution in [2.45, 2.75) is 12.7 Å². The minimum absolute atomic E-state index is 0.296. The van der Waals surface area contributed by atoms with Crippen molar-refractivity contribution in [2.24, 2.45) is 0 Å². The van der Waals surface area contributed by atoms with E-state index in [1.165, 1.54) is 0 Å². The molecule has 0 radical (unpaired) electrons. The summed E-state index contributed by atoms with van der Waals surface area (Å²) in [6, 6.07) is 20.0. The van der Waals surface area contributed by atoms with Crippen LogP contribution in [0.4, 0.5) is 0 Å². The van der Waals surface area contributed by atoms with Crippen LogP contribution >= 0.6 is 0 Å². The van der Waals surface area contributed by atoms with Crippen LogP contribution in [0, 0.1) is 0 Å². The van der Waals surface area contributed by atoms with Crippen molar-refractivity contribution in [3.05, 3.63) is 90.0 Å². The molecule has 0 heterocycles. The van der Waals surface area contributed by atoms with E-state index in [-0.39, 0.29) is 0 Å². The van der Waals surface area contributed by atoms with Gasteiger partial charge in [0.1, 0.15) is 0 Å². The van der Waals surface area contributed by atoms with Gasteiger partial charge in [0.15, 0.2) is 0 Å². The second-order valence-electron chi connectivity index (χ2n) is 4.72. The maximum Gasteiger partial charge on any atom is 0.0957 e. The molecule has 1 atom stereocenters. The molecule has 0 aliphatic rings. The van der Waals surface area contributed by atoms with E-state index < -0.39 is 6.10 Å². The molecule has 0 saturated carbocycles. The zero-order valence-electron chi connectivity index (χ0n) is 11.9. The molecule has 0 bridgehead atoms. The third-order valence-electron chi connectivity index (χ3n) is 2.93. The first-order chi connectivity index (χ1) is 10.3. The molecule has 0 amide bonds. The molecule has 2 nitrogen and oxygen atoms in total. The van der Waals surface area contributed by atoms with E-state index in [0.29, 0.717) is 13.2 Å². The molecule has 0 saturated heterocycles. The highest BCUT2D eigenvalue weighted by atomic mass is 16.5. The van der Waals surface area contributed by atoms with Crippen LogP contribution in [-0.4, -0.2) is 17.8 Å². The molecule has 21 heavy (non-hydrogen) atoms. The summed E-state index contributed by atoms with van der Waals surface area (Å²) >= 11 is 0. The van der Waals surface area contributed by atoms with Crippen LogP contribution in [0.5, 0.6) is 0 Å². The van der Waals surface area contributed by atoms with Crippen LogP contribution in [0.15, 0.2) is 78.9 Å². The second-order valence-corrected chi connectivity index (χ2v) is 4.72. The predicted molar refractivity (Wildman–Crippen MR) is 86.7 cm³/mol. The topological polar surface area (TPSA) is 29.5 Å². The quantitative estimate of drug-likeness (QED) is 0.781. The Labute approximate surface area is 126 Å². The smallest absolute Gasteiger partial charge is 0.0957 e. The van der Waals surface area contributed by atoms with E-state index >= 15 is 0 Å². The molecule has 108 valence electrons. The summed E-state index contributed by atoms with van der Waals surface area (Å²) in [7, 11) is 0. The Bertz CT molecular complexity index is 559. The van der Waals surface area contributed by atoms with Crippen molar-refractivity contribution in [1.82, 2.24) is 0 Å². The summed E-state index contributed by atoms with van der Waals surface area (Å²) < 4.78 is 5.47. The average molecular weight is 280 g/mol. The molecule has 0 aromatic heterocycles. The van der Waals surface area contributed by atoms with Gasteiger partial charge in [0.2, 0.25) is 0 Å². The summed E-state index contributed by atoms with van der Waals surface area (Å²) in [5.74, 6) is 0. The van der Waals surface area contributed by atoms with Gasteiger partial charge in [-0.25, -0.2) is 0 Å². The van der Waals surface area contributed by atoms with E-state index in [1.807, 2.05) is 78.9 Å². The Morgan fingerprint density at radius 3 is 2.29 bits per heavy atom. The summed E-state index contributed by atoms with van der Waals surface area (Å²) in [5.41, 5.74) is 2.25. The van der Waals surface area contributed by atoms with E-state index in [9.17, 15) is 5.11 Å². The molecule has 2 aromatic carbocycles. The first-order valence-electron chi connectivity index (χ1n) is 7.04. The number of rotatable bonds is 7. The maximum absolute atomic E-state index is 9.78. The van der Waals surface area contributed by atoms with Gasteiger partial charge in [-0.15, -0.1) is 0 Å². The molecule has 0 spiro atoms. The normalized spacial score (nSPS) is 13.0. The van der Waals surface area contributed by atoms with E-state index in [0.717, 1.165) is 11.1 Å². The molecule has 0 unspecified atom stereocenters. The Balaban J connectivity index is 1.68. The van der Waals surface area contributed by atoms with Crippen LogP contribution in [-0.2, 0) is 11.3 Å². The fraction of sp³-hybridized carbons (Fsp3) is 0.158. The first kappa shape index (κ1) is 15.2. The number of benzene rings is 2. The van der Waals surface area contributed by atoms with E-state index in [4.69, 9.17) is 4.74 Å². The molecule has 0 fully saturated rings. The number of hydrogen-bond acceptors (Lipinski definition) is 2. The van der Waals surface area contributed by atoms with E-state index in [1.54, 1.807) is 6.08 Å². The van der Waals surface area contributed by atoms with Gasteiger partial charge in [-0.1, -0.05) is 85.0 Å². The zero-order valence-corrected chi connectivity index (χ0v) is 11.9. The van der Waals surface area contributed by atoms with Gasteiger partial charge in [-0.3, -0.25) is 0 Å². The van der Waals surface area contributed by atoms with Gasteiger partial charge in [0, 0.05) is 0 Å². The largest absolute Gasteiger partial charge is 0.387 e. The number of ether oxygens (including phenoxy) is 1. The van der Waals surface area contributed by atoms with Crippen LogP contribution in [0.3, 0.4) is 0 Å². The maximum atomic E-state index is 9.78. The van der Waals surface area contributed by atoms with Crippen molar-refractivity contribution in [3.8, 4) is 0 Å². The van der Waals surface area contributed by atoms with Crippen LogP contribution in [0.2, 0.25) is 0 Å². The minimum atomic E-state index is -0.589. The fourth-order valence-electron chi connectivity index (χ4n) is 1.85. The number of aliphatic hydroxyl groups excluding tert-OH is 1. The predicted octanol–water partition coefficient (Wildman–Crippen LogP) is 3.83. The lowest BCUT2D eigenvalue weighted by molar-refractivity contribution is 0.0504. The number of aliphatic hydroxyl groups is 1. The lowest BCUT2D eigenvalue weighted by Gasteiger charge is -2.06. The summed E-state index contributed by atoms with van der Waals surface area (Å²) in [5, 5.41) is 9.78. The standard InChI is InChI=1S/C19H20O2/c20-19(16-21-15-18-12-5-2-6-13-18)14-8-7-11-17-9-3-1-4-10-17/h1-14,19-20H,15-16H2/b11-7+,14-8-/t19-/m0/s1. The highest BCUT2D eigenvalue weighted by Gasteiger charge is 1.98. The monoisotopic (exact) mass is 280 g/mol. The third kappa shape index (κ3) is 6.21. The van der Waals surface area contributed by atoms with Crippen molar-refractivity contribution in [1.29, 1.82) is 0 Å². The molecule has 2 rings (SSSR count). The molecule has 0 aliphatic heterocycles. The Kier molecular flexibility index (Phi) is 6.46. The summed E-state index contributed by atoms with van der Waals surface area (Å²) in [6.45, 7) is 0.816. The molecular weight excluding hydrogens is 260 g/mol. The molecule has 1 N–H and O–H groups in total. The van der Waals surface area contributed by atoms with Gasteiger partial charge < -0.3 is 9.84 Å². The zero-order chi connectivity index (χ0) is 14.8. The Morgan fingerprint density at radius 2 is 1.57 bits per heavy atom. The van der Waals surface area contributed by atoms with Crippen molar-refractivity contribution in [2.75, 3.05) is 6.61 Å². The number of allylic oxidation sites excluding steroid dienone is 2.